The summed E-state index contributed by atoms with van der Waals surface area (Å²) in [4.78, 5) is 0. The Morgan fingerprint density at radius 3 is 0.776 bits per heavy atom. The van der Waals surface area contributed by atoms with Crippen molar-refractivity contribution in [1.29, 1.82) is 0 Å². The maximum absolute atomic E-state index is 12.2. The van der Waals surface area contributed by atoms with Gasteiger partial charge in [0.25, 0.3) is 0 Å². The SMILES string of the molecule is Oc1ccc(Cc2cc(C(c3cc(Cc4ccccc4)cc(Cc4ccccc4)c3)c3cc(Cc4ccc(O)cc4)c(O)c(Cc4ccc(O)cc4)c3)cc(Cc3ccc(O)cc3)c2O)cc1. The second kappa shape index (κ2) is 19.9. The van der Waals surface area contributed by atoms with Crippen molar-refractivity contribution in [3.05, 3.63) is 284 Å². The minimum atomic E-state index is -0.402. The fourth-order valence-corrected chi connectivity index (χ4v) is 9.18. The zero-order valence-corrected chi connectivity index (χ0v) is 37.1. The molecule has 0 heterocycles. The van der Waals surface area contributed by atoms with Gasteiger partial charge in [0.2, 0.25) is 0 Å². The lowest BCUT2D eigenvalue weighted by molar-refractivity contribution is 0.463. The summed E-state index contributed by atoms with van der Waals surface area (Å²) >= 11 is 0. The highest BCUT2D eigenvalue weighted by atomic mass is 16.3. The predicted octanol–water partition coefficient (Wildman–Crippen LogP) is 12.6. The highest BCUT2D eigenvalue weighted by Gasteiger charge is 2.25. The van der Waals surface area contributed by atoms with E-state index < -0.39 is 5.92 Å². The smallest absolute Gasteiger partial charge is 0.122 e. The molecular formula is C61H52O6. The minimum absolute atomic E-state index is 0.162. The fraction of sp³-hybridized carbons (Fsp3) is 0.115. The van der Waals surface area contributed by atoms with Crippen molar-refractivity contribution < 1.29 is 30.6 Å². The molecule has 0 saturated carbocycles. The first-order valence-corrected chi connectivity index (χ1v) is 22.6. The van der Waals surface area contributed by atoms with E-state index in [1.165, 1.54) is 11.1 Å². The van der Waals surface area contributed by atoms with Crippen LogP contribution in [-0.2, 0) is 38.5 Å². The molecule has 9 rings (SSSR count). The van der Waals surface area contributed by atoms with Crippen LogP contribution < -0.4 is 0 Å². The van der Waals surface area contributed by atoms with Crippen molar-refractivity contribution in [2.24, 2.45) is 0 Å². The maximum Gasteiger partial charge on any atom is 0.122 e. The van der Waals surface area contributed by atoms with Gasteiger partial charge in [0, 0.05) is 31.6 Å². The lowest BCUT2D eigenvalue weighted by Crippen LogP contribution is -2.10. The monoisotopic (exact) mass is 880 g/mol. The average molecular weight is 881 g/mol. The summed E-state index contributed by atoms with van der Waals surface area (Å²) in [6.07, 6.45) is 3.02. The van der Waals surface area contributed by atoms with E-state index in [1.807, 2.05) is 60.7 Å². The van der Waals surface area contributed by atoms with Crippen LogP contribution >= 0.6 is 0 Å². The summed E-state index contributed by atoms with van der Waals surface area (Å²) in [5, 5.41) is 65.1. The van der Waals surface area contributed by atoms with Crippen LogP contribution in [0.1, 0.15) is 89.4 Å². The van der Waals surface area contributed by atoms with Gasteiger partial charge in [-0.1, -0.05) is 152 Å². The Bertz CT molecular complexity index is 2740. The molecule has 0 saturated heterocycles. The molecule has 9 aromatic carbocycles. The summed E-state index contributed by atoms with van der Waals surface area (Å²) in [6, 6.07) is 64.4. The first-order valence-electron chi connectivity index (χ1n) is 22.6. The van der Waals surface area contributed by atoms with Gasteiger partial charge in [-0.2, -0.15) is 0 Å². The van der Waals surface area contributed by atoms with Gasteiger partial charge in [0.15, 0.2) is 0 Å². The number of phenolic OH excluding ortho intramolecular Hbond substituents is 6. The van der Waals surface area contributed by atoms with E-state index in [4.69, 9.17) is 0 Å². The number of hydrogen-bond acceptors (Lipinski definition) is 6. The predicted molar refractivity (Wildman–Crippen MR) is 266 cm³/mol. The van der Waals surface area contributed by atoms with Crippen molar-refractivity contribution in [2.75, 3.05) is 0 Å². The zero-order chi connectivity index (χ0) is 46.3. The highest BCUT2D eigenvalue weighted by Crippen LogP contribution is 2.42. The second-order valence-corrected chi connectivity index (χ2v) is 17.6. The molecule has 0 aliphatic rings. The molecule has 0 unspecified atom stereocenters. The molecule has 6 heteroatoms. The Labute approximate surface area is 391 Å². The maximum atomic E-state index is 12.2. The van der Waals surface area contributed by atoms with Gasteiger partial charge >= 0.3 is 0 Å². The molecule has 0 amide bonds. The number of hydrogen-bond donors (Lipinski definition) is 6. The third-order valence-corrected chi connectivity index (χ3v) is 12.5. The second-order valence-electron chi connectivity index (χ2n) is 17.6. The Morgan fingerprint density at radius 2 is 0.493 bits per heavy atom. The summed E-state index contributed by atoms with van der Waals surface area (Å²) in [6.45, 7) is 0. The normalized spacial score (nSPS) is 11.2. The molecule has 9 aromatic rings. The molecule has 0 atom stereocenters. The van der Waals surface area contributed by atoms with Gasteiger partial charge in [-0.05, 0) is 145 Å². The van der Waals surface area contributed by atoms with Gasteiger partial charge in [0.05, 0.1) is 0 Å². The highest BCUT2D eigenvalue weighted by molar-refractivity contribution is 5.58. The molecule has 0 bridgehead atoms. The lowest BCUT2D eigenvalue weighted by atomic mass is 9.79. The third kappa shape index (κ3) is 11.0. The topological polar surface area (TPSA) is 121 Å². The standard InChI is InChI=1S/C61H52O6/c62-55-19-11-42(12-20-55)30-51-36-49(37-52(60(51)66)31-43-13-21-56(63)22-14-43)59(48-34-46(27-40-7-3-1-4-8-40)29-47(35-48)28-41-9-5-2-6-10-41)50-38-53(32-44-15-23-57(64)24-16-44)61(67)54(39-50)33-45-17-25-58(65)26-18-45/h1-26,29,34-39,59,62-67H,27-28,30-33H2. The van der Waals surface area contributed by atoms with Crippen LogP contribution in [0.4, 0.5) is 0 Å². The van der Waals surface area contributed by atoms with E-state index in [1.54, 1.807) is 48.5 Å². The van der Waals surface area contributed by atoms with Gasteiger partial charge in [-0.25, -0.2) is 0 Å². The number of rotatable bonds is 15. The molecule has 67 heavy (non-hydrogen) atoms. The largest absolute Gasteiger partial charge is 0.508 e. The van der Waals surface area contributed by atoms with Gasteiger partial charge in [-0.3, -0.25) is 0 Å². The van der Waals surface area contributed by atoms with E-state index in [0.717, 1.165) is 72.3 Å². The van der Waals surface area contributed by atoms with E-state index >= 15 is 0 Å². The molecule has 0 aromatic heterocycles. The summed E-state index contributed by atoms with van der Waals surface area (Å²) in [7, 11) is 0. The van der Waals surface area contributed by atoms with Crippen LogP contribution in [0.25, 0.3) is 0 Å². The third-order valence-electron chi connectivity index (χ3n) is 12.5. The zero-order valence-electron chi connectivity index (χ0n) is 37.1. The molecule has 0 aliphatic carbocycles. The van der Waals surface area contributed by atoms with Crippen LogP contribution in [0.3, 0.4) is 0 Å². The van der Waals surface area contributed by atoms with Gasteiger partial charge < -0.3 is 30.6 Å². The average Bonchev–Trinajstić information content (AvgIpc) is 3.33. The molecule has 0 radical (unpaired) electrons. The van der Waals surface area contributed by atoms with Crippen molar-refractivity contribution in [1.82, 2.24) is 0 Å². The van der Waals surface area contributed by atoms with Crippen LogP contribution in [0, 0.1) is 0 Å². The summed E-state index contributed by atoms with van der Waals surface area (Å²) in [5.74, 6) is 0.604. The Hall–Kier alpha value is -8.22. The van der Waals surface area contributed by atoms with E-state index in [0.29, 0.717) is 38.5 Å². The molecule has 6 nitrogen and oxygen atoms in total. The Morgan fingerprint density at radius 1 is 0.239 bits per heavy atom. The number of benzene rings is 9. The van der Waals surface area contributed by atoms with Crippen molar-refractivity contribution >= 4 is 0 Å². The molecular weight excluding hydrogens is 829 g/mol. The molecule has 332 valence electrons. The summed E-state index contributed by atoms with van der Waals surface area (Å²) in [5.41, 5.74) is 14.2. The van der Waals surface area contributed by atoms with E-state index in [9.17, 15) is 30.6 Å². The van der Waals surface area contributed by atoms with Crippen molar-refractivity contribution in [3.63, 3.8) is 0 Å². The minimum Gasteiger partial charge on any atom is -0.508 e. The van der Waals surface area contributed by atoms with Crippen LogP contribution in [0.2, 0.25) is 0 Å². The van der Waals surface area contributed by atoms with Gasteiger partial charge in [0.1, 0.15) is 34.5 Å². The fourth-order valence-electron chi connectivity index (χ4n) is 9.18. The van der Waals surface area contributed by atoms with Crippen LogP contribution in [0.15, 0.2) is 200 Å². The first-order chi connectivity index (χ1) is 32.6. The number of phenols is 6. The quantitative estimate of drug-likeness (QED) is 0.0571. The van der Waals surface area contributed by atoms with E-state index in [-0.39, 0.29) is 34.5 Å². The van der Waals surface area contributed by atoms with Gasteiger partial charge in [-0.15, -0.1) is 0 Å². The Balaban J connectivity index is 1.29. The molecule has 6 N–H and O–H groups in total. The van der Waals surface area contributed by atoms with E-state index in [2.05, 4.69) is 91.0 Å². The van der Waals surface area contributed by atoms with Crippen molar-refractivity contribution in [3.8, 4) is 34.5 Å². The Kier molecular flexibility index (Phi) is 13.1. The number of aromatic hydroxyl groups is 6. The molecule has 0 spiro atoms. The lowest BCUT2D eigenvalue weighted by Gasteiger charge is -2.25. The summed E-state index contributed by atoms with van der Waals surface area (Å²) < 4.78 is 0. The van der Waals surface area contributed by atoms with Crippen LogP contribution in [-0.4, -0.2) is 30.6 Å². The van der Waals surface area contributed by atoms with Crippen LogP contribution in [0.5, 0.6) is 34.5 Å². The first kappa shape index (κ1) is 44.0. The molecule has 0 fully saturated rings. The van der Waals surface area contributed by atoms with Crippen molar-refractivity contribution in [2.45, 2.75) is 44.4 Å². The molecule has 0 aliphatic heterocycles.